The highest BCUT2D eigenvalue weighted by molar-refractivity contribution is 8.00. The first kappa shape index (κ1) is 16.1. The Balaban J connectivity index is 1.57. The molecule has 0 bridgehead atoms. The van der Waals surface area contributed by atoms with Crippen LogP contribution >= 0.6 is 23.5 Å². The molecule has 1 atom stereocenters. The third-order valence-corrected chi connectivity index (χ3v) is 6.51. The molecule has 6 heteroatoms. The van der Waals surface area contributed by atoms with Crippen LogP contribution in [0.5, 0.6) is 0 Å². The molecule has 1 N–H and O–H groups in total. The average Bonchev–Trinajstić information content (AvgIpc) is 2.98. The molecule has 2 heterocycles. The molecule has 0 saturated carbocycles. The Morgan fingerprint density at radius 3 is 2.68 bits per heavy atom. The van der Waals surface area contributed by atoms with Gasteiger partial charge in [0.1, 0.15) is 11.4 Å². The fourth-order valence-corrected chi connectivity index (χ4v) is 5.26. The Morgan fingerprint density at radius 1 is 1.32 bits per heavy atom. The maximum absolute atomic E-state index is 12.9. The van der Waals surface area contributed by atoms with Crippen molar-refractivity contribution in [2.75, 3.05) is 24.6 Å². The van der Waals surface area contributed by atoms with Crippen LogP contribution in [0.25, 0.3) is 0 Å². The number of halogens is 1. The van der Waals surface area contributed by atoms with Crippen molar-refractivity contribution in [3.05, 3.63) is 30.1 Å². The van der Waals surface area contributed by atoms with Crippen molar-refractivity contribution in [1.82, 2.24) is 4.90 Å². The quantitative estimate of drug-likeness (QED) is 0.918. The van der Waals surface area contributed by atoms with Crippen LogP contribution in [0.2, 0.25) is 0 Å². The number of hydrogen-bond acceptors (Lipinski definition) is 4. The topological polar surface area (TPSA) is 40.5 Å². The van der Waals surface area contributed by atoms with Crippen molar-refractivity contribution in [2.24, 2.45) is 0 Å². The van der Waals surface area contributed by atoms with E-state index in [1.807, 2.05) is 0 Å². The van der Waals surface area contributed by atoms with E-state index >= 15 is 0 Å². The number of carbonyl (C=O) groups is 1. The average molecular weight is 341 g/mol. The Hall–Kier alpha value is -0.720. The van der Waals surface area contributed by atoms with E-state index in [4.69, 9.17) is 0 Å². The lowest BCUT2D eigenvalue weighted by Gasteiger charge is -2.34. The zero-order valence-corrected chi connectivity index (χ0v) is 14.0. The third kappa shape index (κ3) is 3.60. The monoisotopic (exact) mass is 341 g/mol. The first-order chi connectivity index (χ1) is 10.6. The zero-order chi connectivity index (χ0) is 15.6. The molecule has 22 heavy (non-hydrogen) atoms. The first-order valence-electron chi connectivity index (χ1n) is 7.58. The van der Waals surface area contributed by atoms with Gasteiger partial charge in [-0.2, -0.15) is 11.8 Å². The van der Waals surface area contributed by atoms with E-state index in [2.05, 4.69) is 0 Å². The number of rotatable bonds is 3. The van der Waals surface area contributed by atoms with Gasteiger partial charge in [0.2, 0.25) is 0 Å². The lowest BCUT2D eigenvalue weighted by atomic mass is 9.95. The predicted molar refractivity (Wildman–Crippen MR) is 88.8 cm³/mol. The molecule has 1 amide bonds. The maximum Gasteiger partial charge on any atom is 0.254 e. The van der Waals surface area contributed by atoms with Crippen molar-refractivity contribution >= 4 is 29.4 Å². The minimum atomic E-state index is -1.15. The maximum atomic E-state index is 12.9. The lowest BCUT2D eigenvalue weighted by molar-refractivity contribution is -0.150. The smallest absolute Gasteiger partial charge is 0.254 e. The molecule has 2 saturated heterocycles. The van der Waals surface area contributed by atoms with Crippen LogP contribution in [0.4, 0.5) is 4.39 Å². The van der Waals surface area contributed by atoms with E-state index in [1.54, 1.807) is 40.6 Å². The lowest BCUT2D eigenvalue weighted by Crippen LogP contribution is -2.50. The number of benzene rings is 1. The van der Waals surface area contributed by atoms with Gasteiger partial charge in [0.15, 0.2) is 0 Å². The minimum Gasteiger partial charge on any atom is -0.380 e. The van der Waals surface area contributed by atoms with Crippen molar-refractivity contribution in [3.63, 3.8) is 0 Å². The first-order valence-corrected chi connectivity index (χ1v) is 9.62. The Bertz CT molecular complexity index is 531. The van der Waals surface area contributed by atoms with E-state index in [0.29, 0.717) is 31.2 Å². The molecular weight excluding hydrogens is 321 g/mol. The van der Waals surface area contributed by atoms with Crippen LogP contribution in [0, 0.1) is 5.82 Å². The Morgan fingerprint density at radius 2 is 2.00 bits per heavy atom. The largest absolute Gasteiger partial charge is 0.380 e. The van der Waals surface area contributed by atoms with Crippen LogP contribution < -0.4 is 0 Å². The normalized spacial score (nSPS) is 24.5. The summed E-state index contributed by atoms with van der Waals surface area (Å²) in [7, 11) is 0. The van der Waals surface area contributed by atoms with E-state index < -0.39 is 5.60 Å². The van der Waals surface area contributed by atoms with Gasteiger partial charge in [0, 0.05) is 23.2 Å². The summed E-state index contributed by atoms with van der Waals surface area (Å²) in [4.78, 5) is 15.4. The number of aliphatic hydroxyl groups is 1. The second kappa shape index (κ2) is 6.81. The Kier molecular flexibility index (Phi) is 5.00. The van der Waals surface area contributed by atoms with Crippen LogP contribution in [0.15, 0.2) is 29.2 Å². The summed E-state index contributed by atoms with van der Waals surface area (Å²) in [6.45, 7) is 1.36. The summed E-state index contributed by atoms with van der Waals surface area (Å²) in [5.41, 5.74) is -1.15. The van der Waals surface area contributed by atoms with Gasteiger partial charge in [-0.05, 0) is 55.0 Å². The van der Waals surface area contributed by atoms with Crippen molar-refractivity contribution in [3.8, 4) is 0 Å². The van der Waals surface area contributed by atoms with Gasteiger partial charge in [-0.1, -0.05) is 0 Å². The fraction of sp³-hybridized carbons (Fsp3) is 0.562. The van der Waals surface area contributed by atoms with Gasteiger partial charge in [-0.15, -0.1) is 11.8 Å². The molecule has 0 spiro atoms. The highest BCUT2D eigenvalue weighted by Gasteiger charge is 2.42. The van der Waals surface area contributed by atoms with Crippen molar-refractivity contribution in [1.29, 1.82) is 0 Å². The molecule has 1 aromatic carbocycles. The summed E-state index contributed by atoms with van der Waals surface area (Å²) in [5, 5.41) is 10.9. The molecule has 2 aliphatic heterocycles. The van der Waals surface area contributed by atoms with E-state index in [0.717, 1.165) is 22.8 Å². The highest BCUT2D eigenvalue weighted by atomic mass is 32.2. The molecule has 120 valence electrons. The van der Waals surface area contributed by atoms with Crippen LogP contribution in [0.1, 0.15) is 19.3 Å². The van der Waals surface area contributed by atoms with Crippen molar-refractivity contribution in [2.45, 2.75) is 35.0 Å². The molecule has 0 aromatic heterocycles. The van der Waals surface area contributed by atoms with Crippen LogP contribution in [0.3, 0.4) is 0 Å². The van der Waals surface area contributed by atoms with Gasteiger partial charge >= 0.3 is 0 Å². The van der Waals surface area contributed by atoms with Gasteiger partial charge in [0.25, 0.3) is 5.91 Å². The van der Waals surface area contributed by atoms with Gasteiger partial charge < -0.3 is 10.0 Å². The fourth-order valence-electron chi connectivity index (χ4n) is 2.93. The third-order valence-electron chi connectivity index (χ3n) is 4.27. The van der Waals surface area contributed by atoms with Crippen molar-refractivity contribution < 1.29 is 14.3 Å². The van der Waals surface area contributed by atoms with Crippen LogP contribution in [-0.2, 0) is 4.79 Å². The van der Waals surface area contributed by atoms with E-state index in [-0.39, 0.29) is 11.7 Å². The zero-order valence-electron chi connectivity index (χ0n) is 12.3. The molecule has 0 radical (unpaired) electrons. The molecule has 3 rings (SSSR count). The molecular formula is C16H20FNO2S2. The van der Waals surface area contributed by atoms with E-state index in [9.17, 15) is 14.3 Å². The number of amides is 1. The standard InChI is InChI=1S/C16H20FNO2S2/c17-12-1-3-13(4-2-12)22-14-5-8-18(11-14)15(19)16(20)6-9-21-10-7-16/h1-4,14,20H,5-11H2. The molecule has 1 unspecified atom stereocenters. The number of likely N-dealkylation sites (tertiary alicyclic amines) is 1. The summed E-state index contributed by atoms with van der Waals surface area (Å²) in [6.07, 6.45) is 2.03. The molecule has 2 fully saturated rings. The summed E-state index contributed by atoms with van der Waals surface area (Å²) >= 11 is 3.48. The van der Waals surface area contributed by atoms with E-state index in [1.165, 1.54) is 12.1 Å². The second-order valence-electron chi connectivity index (χ2n) is 5.88. The Labute approximate surface area is 138 Å². The molecule has 1 aromatic rings. The SMILES string of the molecule is O=C(N1CCC(Sc2ccc(F)cc2)C1)C1(O)CCSCC1. The summed E-state index contributed by atoms with van der Waals surface area (Å²) in [6, 6.07) is 6.47. The van der Waals surface area contributed by atoms with Gasteiger partial charge in [0.05, 0.1) is 0 Å². The predicted octanol–water partition coefficient (Wildman–Crippen LogP) is 2.78. The molecule has 3 nitrogen and oxygen atoms in total. The molecule has 0 aliphatic carbocycles. The number of nitrogens with zero attached hydrogens (tertiary/aromatic N) is 1. The highest BCUT2D eigenvalue weighted by Crippen LogP contribution is 2.33. The number of carbonyl (C=O) groups excluding carboxylic acids is 1. The summed E-state index contributed by atoms with van der Waals surface area (Å²) < 4.78 is 12.9. The van der Waals surface area contributed by atoms with Gasteiger partial charge in [-0.25, -0.2) is 4.39 Å². The van der Waals surface area contributed by atoms with Gasteiger partial charge in [-0.3, -0.25) is 4.79 Å². The second-order valence-corrected chi connectivity index (χ2v) is 8.48. The van der Waals surface area contributed by atoms with Crippen LogP contribution in [-0.4, -0.2) is 51.4 Å². The minimum absolute atomic E-state index is 0.102. The molecule has 2 aliphatic rings. The number of thioether (sulfide) groups is 2. The number of hydrogen-bond donors (Lipinski definition) is 1. The summed E-state index contributed by atoms with van der Waals surface area (Å²) in [5.74, 6) is 1.37.